The molecule has 23 heavy (non-hydrogen) atoms. The summed E-state index contributed by atoms with van der Waals surface area (Å²) in [7, 11) is 0. The van der Waals surface area contributed by atoms with Crippen molar-refractivity contribution in [1.29, 1.82) is 0 Å². The Bertz CT molecular complexity index is 815. The summed E-state index contributed by atoms with van der Waals surface area (Å²) in [4.78, 5) is 12.1. The minimum Gasteiger partial charge on any atom is -0.360 e. The molecule has 0 fully saturated rings. The molecule has 116 valence electrons. The maximum absolute atomic E-state index is 12.1. The molecular formula is C15H12BrN5O2. The van der Waals surface area contributed by atoms with Crippen molar-refractivity contribution in [2.24, 2.45) is 0 Å². The quantitative estimate of drug-likeness (QED) is 0.726. The van der Waals surface area contributed by atoms with Crippen LogP contribution in [0.5, 0.6) is 0 Å². The fourth-order valence-corrected chi connectivity index (χ4v) is 2.07. The summed E-state index contributed by atoms with van der Waals surface area (Å²) in [5.41, 5.74) is 0.898. The summed E-state index contributed by atoms with van der Waals surface area (Å²) < 4.78 is 5.88. The molecule has 0 aliphatic heterocycles. The molecule has 2 heterocycles. The van der Waals surface area contributed by atoms with E-state index in [1.807, 2.05) is 12.1 Å². The molecule has 0 unspecified atom stereocenters. The topological polar surface area (TPSA) is 92.9 Å². The van der Waals surface area contributed by atoms with E-state index < -0.39 is 0 Å². The molecule has 1 amide bonds. The van der Waals surface area contributed by atoms with E-state index in [9.17, 15) is 4.79 Å². The number of carbonyl (C=O) groups is 1. The highest BCUT2D eigenvalue weighted by atomic mass is 79.9. The van der Waals surface area contributed by atoms with Gasteiger partial charge in [0.25, 0.3) is 5.91 Å². The molecule has 0 radical (unpaired) electrons. The van der Waals surface area contributed by atoms with Crippen molar-refractivity contribution >= 4 is 39.2 Å². The van der Waals surface area contributed by atoms with Crippen LogP contribution in [0.1, 0.15) is 16.2 Å². The van der Waals surface area contributed by atoms with Gasteiger partial charge in [-0.25, -0.2) is 0 Å². The van der Waals surface area contributed by atoms with Gasteiger partial charge in [0.15, 0.2) is 17.3 Å². The second kappa shape index (κ2) is 6.57. The third kappa shape index (κ3) is 3.92. The Balaban J connectivity index is 1.66. The monoisotopic (exact) mass is 373 g/mol. The maximum atomic E-state index is 12.1. The van der Waals surface area contributed by atoms with E-state index in [-0.39, 0.29) is 11.6 Å². The zero-order valence-electron chi connectivity index (χ0n) is 12.1. The van der Waals surface area contributed by atoms with Crippen LogP contribution >= 0.6 is 15.9 Å². The predicted molar refractivity (Wildman–Crippen MR) is 88.6 cm³/mol. The fourth-order valence-electron chi connectivity index (χ4n) is 1.80. The van der Waals surface area contributed by atoms with Crippen LogP contribution in [0.25, 0.3) is 0 Å². The highest BCUT2D eigenvalue weighted by Gasteiger charge is 2.09. The number of halogens is 1. The average molecular weight is 374 g/mol. The Hall–Kier alpha value is -2.74. The number of anilines is 3. The lowest BCUT2D eigenvalue weighted by Crippen LogP contribution is -2.14. The number of amides is 1. The molecule has 2 N–H and O–H groups in total. The minimum absolute atomic E-state index is 0.217. The molecule has 8 heteroatoms. The number of nitrogens with zero attached hydrogens (tertiary/aromatic N) is 3. The molecule has 0 bridgehead atoms. The zero-order chi connectivity index (χ0) is 16.2. The molecule has 0 spiro atoms. The van der Waals surface area contributed by atoms with Crippen molar-refractivity contribution in [3.05, 3.63) is 58.4 Å². The van der Waals surface area contributed by atoms with Crippen molar-refractivity contribution in [3.63, 3.8) is 0 Å². The van der Waals surface area contributed by atoms with Crippen molar-refractivity contribution < 1.29 is 9.32 Å². The van der Waals surface area contributed by atoms with Gasteiger partial charge in [-0.3, -0.25) is 4.79 Å². The van der Waals surface area contributed by atoms with E-state index in [0.29, 0.717) is 23.1 Å². The van der Waals surface area contributed by atoms with Crippen LogP contribution in [0, 0.1) is 6.92 Å². The third-order valence-electron chi connectivity index (χ3n) is 2.88. The van der Waals surface area contributed by atoms with Gasteiger partial charge < -0.3 is 15.2 Å². The fraction of sp³-hybridized carbons (Fsp3) is 0.0667. The lowest BCUT2D eigenvalue weighted by atomic mass is 10.3. The molecular weight excluding hydrogens is 362 g/mol. The molecule has 3 rings (SSSR count). The van der Waals surface area contributed by atoms with Crippen molar-refractivity contribution in [3.8, 4) is 0 Å². The molecule has 3 aromatic rings. The van der Waals surface area contributed by atoms with E-state index in [0.717, 1.165) is 4.47 Å². The van der Waals surface area contributed by atoms with Crippen LogP contribution in [-0.2, 0) is 0 Å². The first-order valence-corrected chi connectivity index (χ1v) is 7.50. The van der Waals surface area contributed by atoms with E-state index in [1.54, 1.807) is 37.3 Å². The summed E-state index contributed by atoms with van der Waals surface area (Å²) in [6, 6.07) is 12.2. The highest BCUT2D eigenvalue weighted by Crippen LogP contribution is 2.16. The summed E-state index contributed by atoms with van der Waals surface area (Å²) in [5.74, 6) is 1.36. The SMILES string of the molecule is Cc1cc(Nc2ccc(C(=O)Nc3ccc(Br)cc3)nn2)no1. The molecule has 0 aliphatic carbocycles. The van der Waals surface area contributed by atoms with Crippen molar-refractivity contribution in [2.45, 2.75) is 6.92 Å². The Labute approximate surface area is 140 Å². The summed E-state index contributed by atoms with van der Waals surface area (Å²) in [5, 5.41) is 17.3. The molecule has 2 aromatic heterocycles. The largest absolute Gasteiger partial charge is 0.360 e. The smallest absolute Gasteiger partial charge is 0.276 e. The van der Waals surface area contributed by atoms with Crippen LogP contribution in [0.4, 0.5) is 17.3 Å². The second-order valence-electron chi connectivity index (χ2n) is 4.71. The normalized spacial score (nSPS) is 10.3. The molecule has 0 saturated carbocycles. The number of aromatic nitrogens is 3. The molecule has 0 atom stereocenters. The standard InChI is InChI=1S/C15H12BrN5O2/c1-9-8-14(21-23-9)18-13-7-6-12(19-20-13)15(22)17-11-4-2-10(16)3-5-11/h2-8H,1H3,(H,17,22)(H,18,20,21). The molecule has 0 saturated heterocycles. The van der Waals surface area contributed by atoms with E-state index in [2.05, 4.69) is 41.9 Å². The van der Waals surface area contributed by atoms with Crippen LogP contribution in [0.3, 0.4) is 0 Å². The van der Waals surface area contributed by atoms with Gasteiger partial charge in [0, 0.05) is 16.2 Å². The van der Waals surface area contributed by atoms with E-state index in [4.69, 9.17) is 4.52 Å². The van der Waals surface area contributed by atoms with Crippen molar-refractivity contribution in [2.75, 3.05) is 10.6 Å². The summed E-state index contributed by atoms with van der Waals surface area (Å²) in [6.07, 6.45) is 0. The Morgan fingerprint density at radius 2 is 1.87 bits per heavy atom. The van der Waals surface area contributed by atoms with Gasteiger partial charge >= 0.3 is 0 Å². The number of hydrogen-bond acceptors (Lipinski definition) is 6. The lowest BCUT2D eigenvalue weighted by molar-refractivity contribution is 0.102. The Kier molecular flexibility index (Phi) is 4.33. The molecule has 1 aromatic carbocycles. The van der Waals surface area contributed by atoms with Gasteiger partial charge in [-0.05, 0) is 43.3 Å². The first-order chi connectivity index (χ1) is 11.1. The van der Waals surface area contributed by atoms with Gasteiger partial charge in [0.05, 0.1) is 0 Å². The molecule has 0 aliphatic rings. The number of rotatable bonds is 4. The number of benzene rings is 1. The lowest BCUT2D eigenvalue weighted by Gasteiger charge is -2.05. The third-order valence-corrected chi connectivity index (χ3v) is 3.41. The van der Waals surface area contributed by atoms with Crippen LogP contribution < -0.4 is 10.6 Å². The second-order valence-corrected chi connectivity index (χ2v) is 5.63. The van der Waals surface area contributed by atoms with Crippen LogP contribution in [0.2, 0.25) is 0 Å². The van der Waals surface area contributed by atoms with E-state index in [1.165, 1.54) is 0 Å². The average Bonchev–Trinajstić information content (AvgIpc) is 2.95. The number of nitrogens with one attached hydrogen (secondary N) is 2. The van der Waals surface area contributed by atoms with Gasteiger partial charge in [-0.15, -0.1) is 10.2 Å². The van der Waals surface area contributed by atoms with Crippen LogP contribution in [0.15, 0.2) is 51.5 Å². The van der Waals surface area contributed by atoms with Gasteiger partial charge in [0.2, 0.25) is 0 Å². The zero-order valence-corrected chi connectivity index (χ0v) is 13.7. The first kappa shape index (κ1) is 15.2. The molecule has 7 nitrogen and oxygen atoms in total. The van der Waals surface area contributed by atoms with Gasteiger partial charge in [-0.2, -0.15) is 0 Å². The number of aryl methyl sites for hydroxylation is 1. The number of carbonyl (C=O) groups excluding carboxylic acids is 1. The van der Waals surface area contributed by atoms with Gasteiger partial charge in [-0.1, -0.05) is 21.1 Å². The van der Waals surface area contributed by atoms with Crippen molar-refractivity contribution in [1.82, 2.24) is 15.4 Å². The number of hydrogen-bond donors (Lipinski definition) is 2. The Morgan fingerprint density at radius 3 is 2.48 bits per heavy atom. The highest BCUT2D eigenvalue weighted by molar-refractivity contribution is 9.10. The maximum Gasteiger partial charge on any atom is 0.276 e. The first-order valence-electron chi connectivity index (χ1n) is 6.71. The summed E-state index contributed by atoms with van der Waals surface area (Å²) >= 11 is 3.34. The van der Waals surface area contributed by atoms with E-state index >= 15 is 0 Å². The van der Waals surface area contributed by atoms with Crippen LogP contribution in [-0.4, -0.2) is 21.3 Å². The minimum atomic E-state index is -0.330. The Morgan fingerprint density at radius 1 is 1.09 bits per heavy atom. The predicted octanol–water partition coefficient (Wildman–Crippen LogP) is 3.53. The van der Waals surface area contributed by atoms with Gasteiger partial charge in [0.1, 0.15) is 5.76 Å². The summed E-state index contributed by atoms with van der Waals surface area (Å²) in [6.45, 7) is 1.79.